The molecule has 1 amide bonds. The number of carbonyl (C=O) groups excluding carboxylic acids is 1. The SMILES string of the molecule is Cc1cccc(OC(C)C(=O)Nc2cccc(Br)c2)c1C. The first-order valence-corrected chi connectivity index (χ1v) is 7.56. The molecule has 1 N–H and O–H groups in total. The van der Waals surface area contributed by atoms with E-state index in [2.05, 4.69) is 21.2 Å². The van der Waals surface area contributed by atoms with Gasteiger partial charge in [-0.2, -0.15) is 0 Å². The van der Waals surface area contributed by atoms with Crippen molar-refractivity contribution < 1.29 is 9.53 Å². The summed E-state index contributed by atoms with van der Waals surface area (Å²) in [5, 5.41) is 2.84. The number of rotatable bonds is 4. The maximum absolute atomic E-state index is 12.2. The number of anilines is 1. The zero-order valence-corrected chi connectivity index (χ0v) is 13.9. The van der Waals surface area contributed by atoms with Crippen molar-refractivity contribution >= 4 is 27.5 Å². The third kappa shape index (κ3) is 4.08. The molecule has 3 nitrogen and oxygen atoms in total. The molecular weight excluding hydrogens is 330 g/mol. The van der Waals surface area contributed by atoms with Crippen molar-refractivity contribution in [3.05, 3.63) is 58.1 Å². The molecule has 0 saturated heterocycles. The lowest BCUT2D eigenvalue weighted by atomic mass is 10.1. The largest absolute Gasteiger partial charge is 0.481 e. The Balaban J connectivity index is 2.04. The maximum Gasteiger partial charge on any atom is 0.265 e. The molecule has 4 heteroatoms. The van der Waals surface area contributed by atoms with Crippen molar-refractivity contribution in [1.29, 1.82) is 0 Å². The van der Waals surface area contributed by atoms with Gasteiger partial charge in [0.2, 0.25) is 0 Å². The molecule has 1 unspecified atom stereocenters. The molecule has 0 spiro atoms. The quantitative estimate of drug-likeness (QED) is 0.885. The van der Waals surface area contributed by atoms with Gasteiger partial charge < -0.3 is 10.1 Å². The third-order valence-electron chi connectivity index (χ3n) is 3.32. The van der Waals surface area contributed by atoms with Gasteiger partial charge in [0.1, 0.15) is 5.75 Å². The minimum absolute atomic E-state index is 0.172. The number of aryl methyl sites for hydroxylation is 1. The highest BCUT2D eigenvalue weighted by atomic mass is 79.9. The molecule has 0 radical (unpaired) electrons. The first-order chi connectivity index (χ1) is 9.97. The molecular formula is C17H18BrNO2. The lowest BCUT2D eigenvalue weighted by molar-refractivity contribution is -0.122. The maximum atomic E-state index is 12.2. The predicted octanol–water partition coefficient (Wildman–Crippen LogP) is 4.47. The minimum Gasteiger partial charge on any atom is -0.481 e. The van der Waals surface area contributed by atoms with Crippen LogP contribution in [-0.2, 0) is 4.79 Å². The van der Waals surface area contributed by atoms with E-state index in [9.17, 15) is 4.79 Å². The Morgan fingerprint density at radius 1 is 1.19 bits per heavy atom. The van der Waals surface area contributed by atoms with Crippen LogP contribution in [0.2, 0.25) is 0 Å². The Labute approximate surface area is 133 Å². The van der Waals surface area contributed by atoms with Crippen LogP contribution < -0.4 is 10.1 Å². The van der Waals surface area contributed by atoms with Gasteiger partial charge in [0, 0.05) is 10.2 Å². The fourth-order valence-corrected chi connectivity index (χ4v) is 2.31. The standard InChI is InChI=1S/C17H18BrNO2/c1-11-6-4-9-16(12(11)2)21-13(3)17(20)19-15-8-5-7-14(18)10-15/h4-10,13H,1-3H3,(H,19,20). The zero-order valence-electron chi connectivity index (χ0n) is 12.3. The molecule has 0 aliphatic heterocycles. The molecule has 0 fully saturated rings. The fourth-order valence-electron chi connectivity index (χ4n) is 1.91. The molecule has 0 saturated carbocycles. The number of ether oxygens (including phenoxy) is 1. The first kappa shape index (κ1) is 15.6. The monoisotopic (exact) mass is 347 g/mol. The van der Waals surface area contributed by atoms with Crippen molar-refractivity contribution in [2.75, 3.05) is 5.32 Å². The van der Waals surface area contributed by atoms with E-state index in [1.165, 1.54) is 0 Å². The minimum atomic E-state index is -0.565. The van der Waals surface area contributed by atoms with Crippen molar-refractivity contribution in [3.63, 3.8) is 0 Å². The van der Waals surface area contributed by atoms with Gasteiger partial charge in [-0.1, -0.05) is 34.1 Å². The van der Waals surface area contributed by atoms with Crippen LogP contribution in [0.4, 0.5) is 5.69 Å². The Hall–Kier alpha value is -1.81. The van der Waals surface area contributed by atoms with Crippen molar-refractivity contribution in [2.45, 2.75) is 26.9 Å². The topological polar surface area (TPSA) is 38.3 Å². The van der Waals surface area contributed by atoms with Gasteiger partial charge in [-0.15, -0.1) is 0 Å². The molecule has 0 bridgehead atoms. The van der Waals surface area contributed by atoms with E-state index in [1.807, 2.05) is 56.3 Å². The number of nitrogens with one attached hydrogen (secondary N) is 1. The average molecular weight is 348 g/mol. The molecule has 1 atom stereocenters. The van der Waals surface area contributed by atoms with Crippen LogP contribution in [0.25, 0.3) is 0 Å². The van der Waals surface area contributed by atoms with Crippen LogP contribution >= 0.6 is 15.9 Å². The van der Waals surface area contributed by atoms with Crippen LogP contribution in [-0.4, -0.2) is 12.0 Å². The number of halogens is 1. The van der Waals surface area contributed by atoms with Crippen LogP contribution in [0.15, 0.2) is 46.9 Å². The summed E-state index contributed by atoms with van der Waals surface area (Å²) in [6.45, 7) is 5.76. The van der Waals surface area contributed by atoms with Crippen molar-refractivity contribution in [1.82, 2.24) is 0 Å². The highest BCUT2D eigenvalue weighted by molar-refractivity contribution is 9.10. The van der Waals surface area contributed by atoms with Gasteiger partial charge in [-0.05, 0) is 56.2 Å². The van der Waals surface area contributed by atoms with E-state index < -0.39 is 6.10 Å². The first-order valence-electron chi connectivity index (χ1n) is 6.76. The van der Waals surface area contributed by atoms with Crippen LogP contribution in [0.1, 0.15) is 18.1 Å². The van der Waals surface area contributed by atoms with Gasteiger partial charge >= 0.3 is 0 Å². The number of amides is 1. The van der Waals surface area contributed by atoms with E-state index in [4.69, 9.17) is 4.74 Å². The molecule has 0 heterocycles. The Kier molecular flexibility index (Phi) is 5.02. The summed E-state index contributed by atoms with van der Waals surface area (Å²) < 4.78 is 6.69. The van der Waals surface area contributed by atoms with Gasteiger partial charge in [0.25, 0.3) is 5.91 Å². The summed E-state index contributed by atoms with van der Waals surface area (Å²) in [4.78, 5) is 12.2. The smallest absolute Gasteiger partial charge is 0.265 e. The second-order valence-corrected chi connectivity index (χ2v) is 5.87. The summed E-state index contributed by atoms with van der Waals surface area (Å²) in [6, 6.07) is 13.3. The summed E-state index contributed by atoms with van der Waals surface area (Å²) >= 11 is 3.38. The Morgan fingerprint density at radius 3 is 2.62 bits per heavy atom. The van der Waals surface area contributed by atoms with Gasteiger partial charge in [0.15, 0.2) is 6.10 Å². The van der Waals surface area contributed by atoms with Gasteiger partial charge in [0.05, 0.1) is 0 Å². The van der Waals surface area contributed by atoms with E-state index in [0.29, 0.717) is 0 Å². The fraction of sp³-hybridized carbons (Fsp3) is 0.235. The number of hydrogen-bond acceptors (Lipinski definition) is 2. The van der Waals surface area contributed by atoms with E-state index in [1.54, 1.807) is 6.92 Å². The molecule has 21 heavy (non-hydrogen) atoms. The number of hydrogen-bond donors (Lipinski definition) is 1. The lowest BCUT2D eigenvalue weighted by Crippen LogP contribution is -2.30. The summed E-state index contributed by atoms with van der Waals surface area (Å²) in [6.07, 6.45) is -0.565. The molecule has 0 aliphatic rings. The van der Waals surface area contributed by atoms with Crippen LogP contribution in [0.5, 0.6) is 5.75 Å². The second-order valence-electron chi connectivity index (χ2n) is 4.96. The molecule has 110 valence electrons. The normalized spacial score (nSPS) is 11.8. The van der Waals surface area contributed by atoms with Gasteiger partial charge in [-0.25, -0.2) is 0 Å². The summed E-state index contributed by atoms with van der Waals surface area (Å²) in [7, 11) is 0. The van der Waals surface area contributed by atoms with Crippen LogP contribution in [0.3, 0.4) is 0 Å². The Bertz CT molecular complexity index is 655. The van der Waals surface area contributed by atoms with Crippen molar-refractivity contribution in [3.8, 4) is 5.75 Å². The second kappa shape index (κ2) is 6.76. The van der Waals surface area contributed by atoms with Crippen molar-refractivity contribution in [2.24, 2.45) is 0 Å². The highest BCUT2D eigenvalue weighted by Crippen LogP contribution is 2.22. The number of benzene rings is 2. The van der Waals surface area contributed by atoms with E-state index in [-0.39, 0.29) is 5.91 Å². The lowest BCUT2D eigenvalue weighted by Gasteiger charge is -2.17. The predicted molar refractivity (Wildman–Crippen MR) is 88.8 cm³/mol. The van der Waals surface area contributed by atoms with Gasteiger partial charge in [-0.3, -0.25) is 4.79 Å². The van der Waals surface area contributed by atoms with E-state index >= 15 is 0 Å². The number of carbonyl (C=O) groups is 1. The Morgan fingerprint density at radius 2 is 1.90 bits per heavy atom. The summed E-state index contributed by atoms with van der Waals surface area (Å²) in [5.41, 5.74) is 2.94. The molecule has 2 aromatic rings. The third-order valence-corrected chi connectivity index (χ3v) is 3.81. The molecule has 0 aromatic heterocycles. The average Bonchev–Trinajstić information content (AvgIpc) is 2.44. The molecule has 2 aromatic carbocycles. The van der Waals surface area contributed by atoms with E-state index in [0.717, 1.165) is 27.0 Å². The van der Waals surface area contributed by atoms with Crippen LogP contribution in [0, 0.1) is 13.8 Å². The summed E-state index contributed by atoms with van der Waals surface area (Å²) in [5.74, 6) is 0.570. The molecule has 0 aliphatic carbocycles. The molecule has 2 rings (SSSR count). The zero-order chi connectivity index (χ0) is 15.4. The highest BCUT2D eigenvalue weighted by Gasteiger charge is 2.16.